The molecule has 5 atom stereocenters. The molecule has 0 aromatic carbocycles. The molecule has 3 unspecified atom stereocenters. The second kappa shape index (κ2) is 11.1. The average Bonchev–Trinajstić information content (AvgIpc) is 2.87. The molecular weight excluding hydrogens is 359 g/mol. The summed E-state index contributed by atoms with van der Waals surface area (Å²) >= 11 is 0. The molecule has 0 radical (unpaired) electrons. The topological polar surface area (TPSA) is 77.8 Å². The van der Waals surface area contributed by atoms with Crippen molar-refractivity contribution in [2.75, 3.05) is 0 Å². The maximum absolute atomic E-state index is 14.4. The molecule has 2 rings (SSSR count). The van der Waals surface area contributed by atoms with Crippen molar-refractivity contribution in [1.82, 2.24) is 0 Å². The molecule has 0 bridgehead atoms. The van der Waals surface area contributed by atoms with Gasteiger partial charge in [0.15, 0.2) is 0 Å². The number of hydrogen-bond acceptors (Lipinski definition) is 3. The van der Waals surface area contributed by atoms with Gasteiger partial charge in [-0.1, -0.05) is 44.1 Å². The Morgan fingerprint density at radius 1 is 1.29 bits per heavy atom. The van der Waals surface area contributed by atoms with Gasteiger partial charge in [-0.15, -0.1) is 0 Å². The molecule has 5 heteroatoms. The van der Waals surface area contributed by atoms with E-state index in [0.29, 0.717) is 25.7 Å². The Kier molecular flexibility index (Phi) is 9.16. The Morgan fingerprint density at radius 2 is 2.04 bits per heavy atom. The summed E-state index contributed by atoms with van der Waals surface area (Å²) in [5.74, 6) is -1.28. The van der Waals surface area contributed by atoms with Crippen LogP contribution in [-0.4, -0.2) is 39.7 Å². The van der Waals surface area contributed by atoms with E-state index in [9.17, 15) is 19.4 Å². The lowest BCUT2D eigenvalue weighted by molar-refractivity contribution is -0.137. The molecule has 0 heterocycles. The Hall–Kier alpha value is -1.20. The van der Waals surface area contributed by atoms with Gasteiger partial charge in [0.1, 0.15) is 6.17 Å². The molecule has 160 valence electrons. The summed E-state index contributed by atoms with van der Waals surface area (Å²) in [6, 6.07) is 0. The van der Waals surface area contributed by atoms with Crippen molar-refractivity contribution in [3.05, 3.63) is 24.3 Å². The Balaban J connectivity index is 1.84. The molecule has 4 nitrogen and oxygen atoms in total. The fourth-order valence-corrected chi connectivity index (χ4v) is 4.90. The number of carboxylic acid groups (broad SMARTS) is 1. The molecule has 0 aromatic rings. The molecule has 0 aliphatic heterocycles. The number of aliphatic carboxylic acids is 1. The van der Waals surface area contributed by atoms with E-state index in [1.54, 1.807) is 0 Å². The minimum Gasteiger partial charge on any atom is -0.481 e. The summed E-state index contributed by atoms with van der Waals surface area (Å²) in [7, 11) is 0. The zero-order valence-electron chi connectivity index (χ0n) is 17.1. The largest absolute Gasteiger partial charge is 0.481 e. The van der Waals surface area contributed by atoms with Gasteiger partial charge in [0, 0.05) is 24.7 Å². The van der Waals surface area contributed by atoms with Gasteiger partial charge < -0.3 is 15.3 Å². The van der Waals surface area contributed by atoms with Crippen molar-refractivity contribution in [2.45, 2.75) is 95.9 Å². The summed E-state index contributed by atoms with van der Waals surface area (Å²) in [6.07, 6.45) is 13.8. The Morgan fingerprint density at radius 3 is 2.64 bits per heavy atom. The molecule has 2 fully saturated rings. The van der Waals surface area contributed by atoms with Gasteiger partial charge >= 0.3 is 5.97 Å². The summed E-state index contributed by atoms with van der Waals surface area (Å²) in [6.45, 7) is 2.15. The zero-order valence-corrected chi connectivity index (χ0v) is 17.1. The van der Waals surface area contributed by atoms with Gasteiger partial charge in [-0.3, -0.25) is 4.79 Å². The van der Waals surface area contributed by atoms with Crippen molar-refractivity contribution in [1.29, 1.82) is 0 Å². The molecular formula is C23H37FO4. The van der Waals surface area contributed by atoms with Crippen LogP contribution in [0.1, 0.15) is 77.6 Å². The monoisotopic (exact) mass is 396 g/mol. The summed E-state index contributed by atoms with van der Waals surface area (Å²) in [5.41, 5.74) is 0.0636. The lowest BCUT2D eigenvalue weighted by Crippen LogP contribution is -2.41. The highest BCUT2D eigenvalue weighted by Crippen LogP contribution is 2.48. The fraction of sp³-hybridized carbons (Fsp3) is 0.783. The van der Waals surface area contributed by atoms with Crippen LogP contribution in [0.5, 0.6) is 0 Å². The molecule has 0 spiro atoms. The molecule has 0 aromatic heterocycles. The van der Waals surface area contributed by atoms with Gasteiger partial charge in [-0.05, 0) is 50.4 Å². The number of carbonyl (C=O) groups is 1. The molecule has 2 aliphatic carbocycles. The first kappa shape index (κ1) is 23.1. The maximum atomic E-state index is 14.4. The third-order valence-electron chi connectivity index (χ3n) is 6.73. The number of hydrogen-bond donors (Lipinski definition) is 3. The molecule has 2 saturated carbocycles. The van der Waals surface area contributed by atoms with E-state index in [0.717, 1.165) is 25.7 Å². The molecule has 0 amide bonds. The lowest BCUT2D eigenvalue weighted by Gasteiger charge is -2.45. The van der Waals surface area contributed by atoms with Crippen LogP contribution in [0.15, 0.2) is 24.3 Å². The molecule has 2 aliphatic rings. The number of allylic oxidation sites excluding steroid dienone is 2. The number of carboxylic acids is 1. The van der Waals surface area contributed by atoms with Crippen LogP contribution >= 0.6 is 0 Å². The normalized spacial score (nSPS) is 30.7. The Bertz CT molecular complexity index is 541. The van der Waals surface area contributed by atoms with Crippen LogP contribution in [-0.2, 0) is 4.79 Å². The highest BCUT2D eigenvalue weighted by Gasteiger charge is 2.42. The third kappa shape index (κ3) is 6.15. The summed E-state index contributed by atoms with van der Waals surface area (Å²) in [5, 5.41) is 29.5. The number of halogens is 1. The third-order valence-corrected chi connectivity index (χ3v) is 6.73. The SMILES string of the molecule is CCCC1(C(O)CC=C[C@H]2C(O)CC(F)[C@@H]2CC=CCCCC(=O)O)CCC1. The van der Waals surface area contributed by atoms with Crippen molar-refractivity contribution in [3.63, 3.8) is 0 Å². The van der Waals surface area contributed by atoms with Crippen LogP contribution in [0.3, 0.4) is 0 Å². The summed E-state index contributed by atoms with van der Waals surface area (Å²) < 4.78 is 14.4. The van der Waals surface area contributed by atoms with E-state index in [4.69, 9.17) is 5.11 Å². The first-order valence-electron chi connectivity index (χ1n) is 10.9. The van der Waals surface area contributed by atoms with Crippen molar-refractivity contribution in [3.8, 4) is 0 Å². The fourth-order valence-electron chi connectivity index (χ4n) is 4.90. The van der Waals surface area contributed by atoms with E-state index < -0.39 is 18.2 Å². The highest BCUT2D eigenvalue weighted by atomic mass is 19.1. The van der Waals surface area contributed by atoms with Gasteiger partial charge in [0.2, 0.25) is 0 Å². The van der Waals surface area contributed by atoms with Crippen LogP contribution < -0.4 is 0 Å². The van der Waals surface area contributed by atoms with Gasteiger partial charge in [0.25, 0.3) is 0 Å². The average molecular weight is 397 g/mol. The maximum Gasteiger partial charge on any atom is 0.303 e. The Labute approximate surface area is 168 Å². The first-order chi connectivity index (χ1) is 13.4. The van der Waals surface area contributed by atoms with Crippen molar-refractivity contribution < 1.29 is 24.5 Å². The van der Waals surface area contributed by atoms with Crippen LogP contribution in [0, 0.1) is 17.3 Å². The van der Waals surface area contributed by atoms with E-state index in [1.165, 1.54) is 6.42 Å². The second-order valence-corrected chi connectivity index (χ2v) is 8.70. The quantitative estimate of drug-likeness (QED) is 0.327. The number of rotatable bonds is 12. The number of unbranched alkanes of at least 4 members (excludes halogenated alkanes) is 1. The predicted octanol–water partition coefficient (Wildman–Crippen LogP) is 4.80. The zero-order chi connectivity index (χ0) is 20.6. The van der Waals surface area contributed by atoms with E-state index in [-0.39, 0.29) is 36.2 Å². The van der Waals surface area contributed by atoms with Crippen LogP contribution in [0.4, 0.5) is 4.39 Å². The van der Waals surface area contributed by atoms with Gasteiger partial charge in [-0.2, -0.15) is 0 Å². The molecule has 0 saturated heterocycles. The van der Waals surface area contributed by atoms with E-state index >= 15 is 0 Å². The number of aliphatic hydroxyl groups excluding tert-OH is 2. The lowest BCUT2D eigenvalue weighted by atomic mass is 9.62. The van der Waals surface area contributed by atoms with Crippen molar-refractivity contribution in [2.24, 2.45) is 17.3 Å². The number of alkyl halides is 1. The number of aliphatic hydroxyl groups is 2. The van der Waals surface area contributed by atoms with Crippen LogP contribution in [0.2, 0.25) is 0 Å². The molecule has 28 heavy (non-hydrogen) atoms. The van der Waals surface area contributed by atoms with Gasteiger partial charge in [0.05, 0.1) is 12.2 Å². The van der Waals surface area contributed by atoms with Gasteiger partial charge in [-0.25, -0.2) is 4.39 Å². The molecule has 3 N–H and O–H groups in total. The van der Waals surface area contributed by atoms with Crippen molar-refractivity contribution >= 4 is 5.97 Å². The minimum atomic E-state index is -1.03. The summed E-state index contributed by atoms with van der Waals surface area (Å²) in [4.78, 5) is 10.5. The smallest absolute Gasteiger partial charge is 0.303 e. The first-order valence-corrected chi connectivity index (χ1v) is 10.9. The van der Waals surface area contributed by atoms with E-state index in [2.05, 4.69) is 6.92 Å². The predicted molar refractivity (Wildman–Crippen MR) is 109 cm³/mol. The van der Waals surface area contributed by atoms with Crippen LogP contribution in [0.25, 0.3) is 0 Å². The second-order valence-electron chi connectivity index (χ2n) is 8.70. The standard InChI is InChI=1S/C23H37FO4/c1-2-13-23(14-8-15-23)21(26)11-7-10-18-17(19(24)16-20(18)25)9-5-3-4-6-12-22(27)28/h3,5,7,10,17-21,25-26H,2,4,6,8-9,11-16H2,1H3,(H,27,28)/t17-,18-,19?,20?,21?/m1/s1. The van der Waals surface area contributed by atoms with E-state index in [1.807, 2.05) is 24.3 Å². The minimum absolute atomic E-state index is 0.0636. The highest BCUT2D eigenvalue weighted by molar-refractivity contribution is 5.66.